The molecule has 0 heterocycles. The quantitative estimate of drug-likeness (QED) is 0.617. The molecule has 2 aliphatic carbocycles. The van der Waals surface area contributed by atoms with Crippen LogP contribution in [0.2, 0.25) is 0 Å². The summed E-state index contributed by atoms with van der Waals surface area (Å²) in [6, 6.07) is 0. The summed E-state index contributed by atoms with van der Waals surface area (Å²) in [6.07, 6.45) is 3.41. The number of rotatable bonds is 0. The van der Waals surface area contributed by atoms with Gasteiger partial charge in [-0.2, -0.15) is 0 Å². The number of alkyl halides is 2. The summed E-state index contributed by atoms with van der Waals surface area (Å²) < 4.78 is -0.344. The lowest BCUT2D eigenvalue weighted by Crippen LogP contribution is -2.31. The number of ketones is 1. The molecular formula is C7H8Br2O. The third-order valence-electron chi connectivity index (χ3n) is 2.64. The molecule has 2 rings (SSSR count). The predicted molar refractivity (Wildman–Crippen MR) is 46.4 cm³/mol. The Balaban J connectivity index is 2.34. The fraction of sp³-hybridized carbons (Fsp3) is 0.857. The second kappa shape index (κ2) is 2.07. The molecule has 0 aromatic rings. The molecule has 0 spiro atoms. The first kappa shape index (κ1) is 7.29. The van der Waals surface area contributed by atoms with E-state index in [1.165, 1.54) is 6.42 Å². The summed E-state index contributed by atoms with van der Waals surface area (Å²) in [4.78, 5) is 11.4. The summed E-state index contributed by atoms with van der Waals surface area (Å²) in [5.41, 5.74) is 0. The van der Waals surface area contributed by atoms with Gasteiger partial charge in [-0.05, 0) is 25.2 Å². The Morgan fingerprint density at radius 1 is 1.40 bits per heavy atom. The van der Waals surface area contributed by atoms with E-state index in [-0.39, 0.29) is 3.23 Å². The monoisotopic (exact) mass is 266 g/mol. The van der Waals surface area contributed by atoms with Gasteiger partial charge in [0.05, 0.1) is 0 Å². The number of hydrogen-bond donors (Lipinski definition) is 0. The van der Waals surface area contributed by atoms with Gasteiger partial charge < -0.3 is 0 Å². The number of hydrogen-bond acceptors (Lipinski definition) is 1. The van der Waals surface area contributed by atoms with Gasteiger partial charge in [-0.3, -0.25) is 4.79 Å². The van der Waals surface area contributed by atoms with Crippen LogP contribution in [0.3, 0.4) is 0 Å². The van der Waals surface area contributed by atoms with E-state index in [2.05, 4.69) is 31.9 Å². The Morgan fingerprint density at radius 3 is 2.40 bits per heavy atom. The van der Waals surface area contributed by atoms with Crippen molar-refractivity contribution in [3.63, 3.8) is 0 Å². The Bertz CT molecular complexity index is 188. The van der Waals surface area contributed by atoms with Gasteiger partial charge in [-0.25, -0.2) is 0 Å². The van der Waals surface area contributed by atoms with Gasteiger partial charge in [0, 0.05) is 5.92 Å². The lowest BCUT2D eigenvalue weighted by atomic mass is 9.99. The lowest BCUT2D eigenvalue weighted by Gasteiger charge is -2.23. The van der Waals surface area contributed by atoms with Crippen LogP contribution in [0, 0.1) is 11.8 Å². The average molecular weight is 268 g/mol. The highest BCUT2D eigenvalue weighted by Crippen LogP contribution is 2.55. The zero-order valence-corrected chi connectivity index (χ0v) is 8.61. The van der Waals surface area contributed by atoms with Crippen molar-refractivity contribution in [1.29, 1.82) is 0 Å². The highest BCUT2D eigenvalue weighted by molar-refractivity contribution is 9.26. The van der Waals surface area contributed by atoms with Crippen LogP contribution in [-0.2, 0) is 4.79 Å². The van der Waals surface area contributed by atoms with Gasteiger partial charge in [0.15, 0.2) is 5.78 Å². The van der Waals surface area contributed by atoms with E-state index in [1.807, 2.05) is 0 Å². The summed E-state index contributed by atoms with van der Waals surface area (Å²) in [5.74, 6) is 1.26. The second-order valence-electron chi connectivity index (χ2n) is 3.19. The molecule has 2 fully saturated rings. The minimum absolute atomic E-state index is 0.344. The second-order valence-corrected chi connectivity index (χ2v) is 6.76. The van der Waals surface area contributed by atoms with Crippen LogP contribution < -0.4 is 0 Å². The van der Waals surface area contributed by atoms with E-state index >= 15 is 0 Å². The maximum atomic E-state index is 11.4. The van der Waals surface area contributed by atoms with Crippen molar-refractivity contribution in [1.82, 2.24) is 0 Å². The standard InChI is InChI=1S/C7H8Br2O/c8-7(9)5-2-1-4(3-5)6(7)10/h4-5H,1-3H2. The summed E-state index contributed by atoms with van der Waals surface area (Å²) in [5, 5.41) is 0. The largest absolute Gasteiger partial charge is 0.297 e. The molecule has 0 amide bonds. The van der Waals surface area contributed by atoms with Crippen LogP contribution in [0.25, 0.3) is 0 Å². The first-order valence-corrected chi connectivity index (χ1v) is 5.13. The van der Waals surface area contributed by atoms with Crippen LogP contribution in [-0.4, -0.2) is 9.02 Å². The highest BCUT2D eigenvalue weighted by atomic mass is 79.9. The van der Waals surface area contributed by atoms with Gasteiger partial charge >= 0.3 is 0 Å². The van der Waals surface area contributed by atoms with Crippen molar-refractivity contribution in [2.45, 2.75) is 22.5 Å². The third-order valence-corrected chi connectivity index (χ3v) is 4.72. The van der Waals surface area contributed by atoms with Gasteiger partial charge in [0.2, 0.25) is 0 Å². The van der Waals surface area contributed by atoms with Crippen molar-refractivity contribution in [3.8, 4) is 0 Å². The number of halogens is 2. The molecule has 0 aromatic carbocycles. The molecule has 1 nitrogen and oxygen atoms in total. The number of carbonyl (C=O) groups is 1. The van der Waals surface area contributed by atoms with E-state index in [0.717, 1.165) is 12.8 Å². The Hall–Kier alpha value is 0.630. The number of fused-ring (bicyclic) bond motifs is 2. The molecule has 0 saturated heterocycles. The Morgan fingerprint density at radius 2 is 2.10 bits per heavy atom. The average Bonchev–Trinajstić information content (AvgIpc) is 2.37. The highest BCUT2D eigenvalue weighted by Gasteiger charge is 2.55. The minimum atomic E-state index is -0.344. The van der Waals surface area contributed by atoms with Crippen molar-refractivity contribution in [3.05, 3.63) is 0 Å². The Kier molecular flexibility index (Phi) is 1.51. The molecule has 2 aliphatic rings. The summed E-state index contributed by atoms with van der Waals surface area (Å²) in [6.45, 7) is 0. The summed E-state index contributed by atoms with van der Waals surface area (Å²) in [7, 11) is 0. The zero-order chi connectivity index (χ0) is 7.35. The first-order chi connectivity index (χ1) is 4.62. The van der Waals surface area contributed by atoms with E-state index in [4.69, 9.17) is 0 Å². The minimum Gasteiger partial charge on any atom is -0.297 e. The SMILES string of the molecule is O=C1C2CCC(C2)C1(Br)Br. The third kappa shape index (κ3) is 0.765. The molecule has 0 aromatic heterocycles. The maximum Gasteiger partial charge on any atom is 0.163 e. The topological polar surface area (TPSA) is 17.1 Å². The molecule has 0 N–H and O–H groups in total. The maximum absolute atomic E-state index is 11.4. The van der Waals surface area contributed by atoms with Gasteiger partial charge in [0.1, 0.15) is 3.23 Å². The van der Waals surface area contributed by atoms with E-state index in [0.29, 0.717) is 17.6 Å². The van der Waals surface area contributed by atoms with Crippen molar-refractivity contribution in [2.75, 3.05) is 0 Å². The molecule has 2 unspecified atom stereocenters. The van der Waals surface area contributed by atoms with Gasteiger partial charge in [-0.15, -0.1) is 0 Å². The molecule has 2 bridgehead atoms. The fourth-order valence-corrected chi connectivity index (χ4v) is 3.50. The first-order valence-electron chi connectivity index (χ1n) is 3.54. The fourth-order valence-electron chi connectivity index (χ4n) is 2.02. The van der Waals surface area contributed by atoms with Crippen LogP contribution in [0.5, 0.6) is 0 Å². The number of Topliss-reactive ketones (excluding diaryl/α,β-unsaturated/α-hetero) is 1. The molecule has 3 heteroatoms. The number of carbonyl (C=O) groups excluding carboxylic acids is 1. The molecule has 2 atom stereocenters. The normalized spacial score (nSPS) is 42.8. The predicted octanol–water partition coefficient (Wildman–Crippen LogP) is 2.47. The Labute approximate surface area is 76.8 Å². The molecular weight excluding hydrogens is 260 g/mol. The molecule has 2 saturated carbocycles. The smallest absolute Gasteiger partial charge is 0.163 e. The van der Waals surface area contributed by atoms with Crippen LogP contribution in [0.15, 0.2) is 0 Å². The molecule has 56 valence electrons. The molecule has 0 radical (unpaired) electrons. The van der Waals surface area contributed by atoms with E-state index in [9.17, 15) is 4.79 Å². The van der Waals surface area contributed by atoms with Crippen molar-refractivity contribution >= 4 is 37.6 Å². The van der Waals surface area contributed by atoms with Crippen LogP contribution in [0.4, 0.5) is 0 Å². The molecule has 0 aliphatic heterocycles. The summed E-state index contributed by atoms with van der Waals surface area (Å²) >= 11 is 6.86. The van der Waals surface area contributed by atoms with Gasteiger partial charge in [-0.1, -0.05) is 31.9 Å². The zero-order valence-electron chi connectivity index (χ0n) is 5.44. The van der Waals surface area contributed by atoms with E-state index in [1.54, 1.807) is 0 Å². The van der Waals surface area contributed by atoms with Crippen molar-refractivity contribution in [2.24, 2.45) is 11.8 Å². The molecule has 10 heavy (non-hydrogen) atoms. The lowest BCUT2D eigenvalue weighted by molar-refractivity contribution is -0.121. The van der Waals surface area contributed by atoms with E-state index < -0.39 is 0 Å². The van der Waals surface area contributed by atoms with Crippen LogP contribution in [0.1, 0.15) is 19.3 Å². The van der Waals surface area contributed by atoms with Gasteiger partial charge in [0.25, 0.3) is 0 Å². The van der Waals surface area contributed by atoms with Crippen molar-refractivity contribution < 1.29 is 4.79 Å². The van der Waals surface area contributed by atoms with Crippen LogP contribution >= 0.6 is 31.9 Å².